The van der Waals surface area contributed by atoms with E-state index in [1.165, 1.54) is 6.42 Å². The topological polar surface area (TPSA) is 133 Å². The zero-order valence-electron chi connectivity index (χ0n) is 26.8. The number of carbonyl (C=O) groups excluding carboxylic acids is 1. The fraction of sp³-hybridized carbons (Fsp3) is 0.200. The van der Waals surface area contributed by atoms with Gasteiger partial charge in [0.2, 0.25) is 0 Å². The molecular weight excluding hydrogens is 614 g/mol. The van der Waals surface area contributed by atoms with Crippen LogP contribution in [0.4, 0.5) is 0 Å². The van der Waals surface area contributed by atoms with Crippen molar-refractivity contribution in [2.75, 3.05) is 0 Å². The van der Waals surface area contributed by atoms with Crippen molar-refractivity contribution in [3.8, 4) is 28.4 Å². The molecule has 0 spiro atoms. The van der Waals surface area contributed by atoms with Gasteiger partial charge in [0.15, 0.2) is 0 Å². The lowest BCUT2D eigenvalue weighted by Gasteiger charge is -2.25. The molecule has 0 radical (unpaired) electrons. The minimum atomic E-state index is -1.16. The monoisotopic (exact) mass is 649 g/mol. The van der Waals surface area contributed by atoms with Crippen molar-refractivity contribution in [3.05, 3.63) is 114 Å². The maximum atomic E-state index is 13.5. The smallest absolute Gasteiger partial charge is 0.326 e. The third-order valence-corrected chi connectivity index (χ3v) is 9.60. The Morgan fingerprint density at radius 1 is 0.816 bits per heavy atom. The standard InChI is InChI=1S/C40H35N5O4/c46-31-14-17-34-28(21-31)20-29(41-34)23-36(40(48)49)44-39(47)27-13-18-37-35(22-27)43-38(45(37)30-9-5-2-6-10-30)26-12-16-33-25(19-26)11-15-32(42-33)24-7-3-1-4-8-24/h1,3-4,7-8,11-22,30,36,41,46H,2,5-6,9-10,23H2,(H,44,47)(H,48,49). The number of pyridine rings is 1. The molecule has 1 amide bonds. The van der Waals surface area contributed by atoms with Gasteiger partial charge in [-0.25, -0.2) is 14.8 Å². The Hall–Kier alpha value is -5.96. The number of aromatic nitrogens is 4. The molecule has 1 fully saturated rings. The number of fused-ring (bicyclic) bond motifs is 3. The zero-order chi connectivity index (χ0) is 33.5. The van der Waals surface area contributed by atoms with E-state index in [0.717, 1.165) is 75.7 Å². The number of benzene rings is 4. The normalized spacial score (nSPS) is 14.4. The molecule has 7 aromatic rings. The summed E-state index contributed by atoms with van der Waals surface area (Å²) in [5.41, 5.74) is 7.28. The number of carboxylic acids is 1. The van der Waals surface area contributed by atoms with Crippen molar-refractivity contribution in [1.82, 2.24) is 24.8 Å². The van der Waals surface area contributed by atoms with Crippen LogP contribution >= 0.6 is 0 Å². The van der Waals surface area contributed by atoms with Crippen LogP contribution in [0.1, 0.15) is 54.2 Å². The average Bonchev–Trinajstić information content (AvgIpc) is 3.72. The van der Waals surface area contributed by atoms with Gasteiger partial charge in [-0.15, -0.1) is 0 Å². The predicted octanol–water partition coefficient (Wildman–Crippen LogP) is 8.04. The average molecular weight is 650 g/mol. The van der Waals surface area contributed by atoms with Crippen LogP contribution in [0.3, 0.4) is 0 Å². The van der Waals surface area contributed by atoms with Crippen LogP contribution < -0.4 is 5.32 Å². The van der Waals surface area contributed by atoms with Gasteiger partial charge in [0.1, 0.15) is 17.6 Å². The molecule has 0 saturated heterocycles. The van der Waals surface area contributed by atoms with Gasteiger partial charge in [0.25, 0.3) is 5.91 Å². The number of hydrogen-bond acceptors (Lipinski definition) is 5. The van der Waals surface area contributed by atoms with Gasteiger partial charge in [-0.3, -0.25) is 4.79 Å². The number of carboxylic acid groups (broad SMARTS) is 1. The maximum Gasteiger partial charge on any atom is 0.326 e. The fourth-order valence-corrected chi connectivity index (χ4v) is 7.14. The number of carbonyl (C=O) groups is 2. The Kier molecular flexibility index (Phi) is 7.80. The van der Waals surface area contributed by atoms with Gasteiger partial charge in [-0.05, 0) is 79.6 Å². The van der Waals surface area contributed by atoms with Crippen LogP contribution in [-0.4, -0.2) is 47.7 Å². The molecule has 4 aromatic carbocycles. The molecule has 3 heterocycles. The number of amides is 1. The maximum absolute atomic E-state index is 13.5. The molecule has 0 aliphatic heterocycles. The molecule has 1 aliphatic rings. The number of hydrogen-bond donors (Lipinski definition) is 4. The predicted molar refractivity (Wildman–Crippen MR) is 191 cm³/mol. The number of aromatic amines is 1. The summed E-state index contributed by atoms with van der Waals surface area (Å²) in [7, 11) is 0. The van der Waals surface area contributed by atoms with Crippen LogP contribution in [0, 0.1) is 0 Å². The lowest BCUT2D eigenvalue weighted by molar-refractivity contribution is -0.139. The lowest BCUT2D eigenvalue weighted by atomic mass is 9.94. The van der Waals surface area contributed by atoms with Crippen molar-refractivity contribution in [2.45, 2.75) is 50.6 Å². The van der Waals surface area contributed by atoms with Crippen LogP contribution in [-0.2, 0) is 11.2 Å². The number of phenols is 1. The van der Waals surface area contributed by atoms with E-state index in [1.807, 2.05) is 36.4 Å². The first-order valence-electron chi connectivity index (χ1n) is 16.7. The summed E-state index contributed by atoms with van der Waals surface area (Å²) < 4.78 is 2.33. The molecule has 8 rings (SSSR count). The minimum Gasteiger partial charge on any atom is -0.508 e. The number of nitrogens with zero attached hydrogens (tertiary/aromatic N) is 3. The molecule has 0 bridgehead atoms. The summed E-state index contributed by atoms with van der Waals surface area (Å²) in [5.74, 6) is -0.647. The van der Waals surface area contributed by atoms with Gasteiger partial charge in [0, 0.05) is 51.1 Å². The van der Waals surface area contributed by atoms with E-state index in [2.05, 4.69) is 45.2 Å². The molecule has 1 atom stereocenters. The molecule has 49 heavy (non-hydrogen) atoms. The first-order valence-corrected chi connectivity index (χ1v) is 16.7. The minimum absolute atomic E-state index is 0.0584. The van der Waals surface area contributed by atoms with Crippen LogP contribution in [0.25, 0.3) is 55.5 Å². The van der Waals surface area contributed by atoms with E-state index in [1.54, 1.807) is 36.4 Å². The summed E-state index contributed by atoms with van der Waals surface area (Å²) in [6, 6.07) is 31.8. The molecule has 244 valence electrons. The van der Waals surface area contributed by atoms with E-state index < -0.39 is 17.9 Å². The SMILES string of the molecule is O=C(NC(Cc1cc2cc(O)ccc2[nH]1)C(=O)O)c1ccc2c(c1)nc(-c1ccc3nc(-c4ccccc4)ccc3c1)n2C1CCCCC1. The number of rotatable bonds is 8. The van der Waals surface area contributed by atoms with Crippen molar-refractivity contribution < 1.29 is 19.8 Å². The highest BCUT2D eigenvalue weighted by atomic mass is 16.4. The second-order valence-electron chi connectivity index (χ2n) is 12.9. The number of nitrogens with one attached hydrogen (secondary N) is 2. The lowest BCUT2D eigenvalue weighted by Crippen LogP contribution is -2.42. The van der Waals surface area contributed by atoms with E-state index in [-0.39, 0.29) is 18.2 Å². The molecule has 9 nitrogen and oxygen atoms in total. The first kappa shape index (κ1) is 30.4. The summed E-state index contributed by atoms with van der Waals surface area (Å²) in [6.45, 7) is 0. The Morgan fingerprint density at radius 2 is 1.65 bits per heavy atom. The van der Waals surface area contributed by atoms with E-state index >= 15 is 0 Å². The zero-order valence-corrected chi connectivity index (χ0v) is 26.8. The van der Waals surface area contributed by atoms with Gasteiger partial charge in [-0.2, -0.15) is 0 Å². The highest BCUT2D eigenvalue weighted by molar-refractivity contribution is 6.00. The van der Waals surface area contributed by atoms with E-state index in [9.17, 15) is 19.8 Å². The Bertz CT molecular complexity index is 2350. The molecule has 1 unspecified atom stereocenters. The molecule has 1 saturated carbocycles. The first-order chi connectivity index (χ1) is 23.9. The number of imidazole rings is 1. The fourth-order valence-electron chi connectivity index (χ4n) is 7.14. The number of H-pyrrole nitrogens is 1. The van der Waals surface area contributed by atoms with Crippen molar-refractivity contribution in [1.29, 1.82) is 0 Å². The quantitative estimate of drug-likeness (QED) is 0.132. The third-order valence-electron chi connectivity index (χ3n) is 9.60. The molecular formula is C40H35N5O4. The largest absolute Gasteiger partial charge is 0.508 e. The van der Waals surface area contributed by atoms with Crippen LogP contribution in [0.2, 0.25) is 0 Å². The molecule has 3 aromatic heterocycles. The molecule has 4 N–H and O–H groups in total. The van der Waals surface area contributed by atoms with Gasteiger partial charge in [-0.1, -0.05) is 55.7 Å². The summed E-state index contributed by atoms with van der Waals surface area (Å²) in [5, 5.41) is 24.3. The Balaban J connectivity index is 1.11. The highest BCUT2D eigenvalue weighted by Gasteiger charge is 2.25. The number of phenolic OH excluding ortho intramolecular Hbond substituents is 1. The third kappa shape index (κ3) is 5.99. The summed E-state index contributed by atoms with van der Waals surface area (Å²) >= 11 is 0. The summed E-state index contributed by atoms with van der Waals surface area (Å²) in [4.78, 5) is 38.9. The van der Waals surface area contributed by atoms with Crippen molar-refractivity contribution >= 4 is 44.7 Å². The van der Waals surface area contributed by atoms with Gasteiger partial charge < -0.3 is 25.1 Å². The van der Waals surface area contributed by atoms with E-state index in [4.69, 9.17) is 9.97 Å². The highest BCUT2D eigenvalue weighted by Crippen LogP contribution is 2.37. The number of aromatic hydroxyl groups is 1. The molecule has 1 aliphatic carbocycles. The van der Waals surface area contributed by atoms with E-state index in [0.29, 0.717) is 16.8 Å². The second kappa shape index (κ2) is 12.6. The summed E-state index contributed by atoms with van der Waals surface area (Å²) in [6.07, 6.45) is 5.71. The van der Waals surface area contributed by atoms with Crippen molar-refractivity contribution in [2.24, 2.45) is 0 Å². The van der Waals surface area contributed by atoms with Gasteiger partial charge in [0.05, 0.1) is 22.2 Å². The Morgan fingerprint density at radius 3 is 2.47 bits per heavy atom. The Labute approximate surface area is 282 Å². The number of aliphatic carboxylic acids is 1. The van der Waals surface area contributed by atoms with Crippen LogP contribution in [0.5, 0.6) is 5.75 Å². The molecule has 9 heteroatoms. The van der Waals surface area contributed by atoms with Crippen molar-refractivity contribution in [3.63, 3.8) is 0 Å². The second-order valence-corrected chi connectivity index (χ2v) is 12.9. The van der Waals surface area contributed by atoms with Gasteiger partial charge >= 0.3 is 5.97 Å². The van der Waals surface area contributed by atoms with Crippen LogP contribution in [0.15, 0.2) is 103 Å².